The third kappa shape index (κ3) is 6.18. The summed E-state index contributed by atoms with van der Waals surface area (Å²) in [6.07, 6.45) is 8.78. The van der Waals surface area contributed by atoms with Crippen molar-refractivity contribution in [1.82, 2.24) is 0 Å². The molecule has 3 rings (SSSR count). The molecule has 1 atom stereocenters. The van der Waals surface area contributed by atoms with Crippen LogP contribution in [0.1, 0.15) is 67.5 Å². The Kier molecular flexibility index (Phi) is 9.13. The van der Waals surface area contributed by atoms with E-state index in [9.17, 15) is 15.3 Å². The summed E-state index contributed by atoms with van der Waals surface area (Å²) in [4.78, 5) is 14.0. The Labute approximate surface area is 205 Å². The van der Waals surface area contributed by atoms with E-state index in [0.29, 0.717) is 40.2 Å². The summed E-state index contributed by atoms with van der Waals surface area (Å²) < 4.78 is 11.3. The summed E-state index contributed by atoms with van der Waals surface area (Å²) in [5, 5.41) is 22.6. The molecule has 1 unspecified atom stereocenters. The number of unbranched alkanes of at least 4 members (excludes halogenated alkanes) is 3. The minimum absolute atomic E-state index is 0.0427. The number of hydrogen-bond acceptors (Lipinski definition) is 6. The molecular weight excluding hydrogens is 446 g/mol. The van der Waals surface area contributed by atoms with Crippen molar-refractivity contribution in [3.63, 3.8) is 0 Å². The fraction of sp³-hybridized carbons (Fsp3) is 0.444. The summed E-state index contributed by atoms with van der Waals surface area (Å²) in [5.74, 6) is 1.22. The highest BCUT2D eigenvalue weighted by molar-refractivity contribution is 7.16. The van der Waals surface area contributed by atoms with E-state index in [1.165, 1.54) is 30.3 Å². The molecule has 6 nitrogen and oxygen atoms in total. The third-order valence-electron chi connectivity index (χ3n) is 5.97. The largest absolute Gasteiger partial charge is 0.493 e. The standard InChI is InChI=1S/C27H31N3O3S/c1-4-5-6-7-12-33-23-11-9-19(15-24(23)32-3)14-20(16-28)26(31)30-27-22(17-29)21-10-8-18(2)13-25(21)34-27/h9,11,14-15,18H,4-8,10,12-13H2,1-3H3,(H,30,31). The van der Waals surface area contributed by atoms with Gasteiger partial charge in [0, 0.05) is 4.88 Å². The Morgan fingerprint density at radius 1 is 1.26 bits per heavy atom. The molecule has 0 radical (unpaired) electrons. The number of carbonyl (C=O) groups excluding carboxylic acids is 1. The lowest BCUT2D eigenvalue weighted by atomic mass is 9.88. The van der Waals surface area contributed by atoms with E-state index in [-0.39, 0.29) is 5.57 Å². The van der Waals surface area contributed by atoms with Gasteiger partial charge < -0.3 is 14.8 Å². The first-order chi connectivity index (χ1) is 16.5. The normalized spacial score (nSPS) is 15.1. The highest BCUT2D eigenvalue weighted by Gasteiger charge is 2.25. The van der Waals surface area contributed by atoms with Gasteiger partial charge in [-0.3, -0.25) is 4.79 Å². The molecule has 178 valence electrons. The van der Waals surface area contributed by atoms with Gasteiger partial charge in [0.1, 0.15) is 22.7 Å². The fourth-order valence-electron chi connectivity index (χ4n) is 4.05. The number of methoxy groups -OCH3 is 1. The molecule has 0 saturated carbocycles. The number of nitrogens with zero attached hydrogens (tertiary/aromatic N) is 2. The molecule has 1 aromatic heterocycles. The lowest BCUT2D eigenvalue weighted by Gasteiger charge is -2.17. The zero-order chi connectivity index (χ0) is 24.5. The zero-order valence-electron chi connectivity index (χ0n) is 20.1. The van der Waals surface area contributed by atoms with E-state index >= 15 is 0 Å². The molecule has 0 fully saturated rings. The molecule has 1 aliphatic rings. The van der Waals surface area contributed by atoms with Gasteiger partial charge in [-0.25, -0.2) is 0 Å². The lowest BCUT2D eigenvalue weighted by molar-refractivity contribution is -0.112. The number of fused-ring (bicyclic) bond motifs is 1. The second kappa shape index (κ2) is 12.3. The smallest absolute Gasteiger partial charge is 0.266 e. The molecule has 1 aromatic carbocycles. The molecule has 0 aliphatic heterocycles. The van der Waals surface area contributed by atoms with Crippen LogP contribution in [0.5, 0.6) is 11.5 Å². The number of nitriles is 2. The topological polar surface area (TPSA) is 95.1 Å². The van der Waals surface area contributed by atoms with Crippen LogP contribution in [0.2, 0.25) is 0 Å². The number of rotatable bonds is 10. The Bertz CT molecular complexity index is 1140. The third-order valence-corrected chi connectivity index (χ3v) is 7.14. The van der Waals surface area contributed by atoms with Crippen LogP contribution in [-0.2, 0) is 17.6 Å². The monoisotopic (exact) mass is 477 g/mol. The van der Waals surface area contributed by atoms with Gasteiger partial charge in [-0.05, 0) is 60.9 Å². The maximum absolute atomic E-state index is 12.9. The van der Waals surface area contributed by atoms with Crippen molar-refractivity contribution < 1.29 is 14.3 Å². The number of ether oxygens (including phenoxy) is 2. The number of amides is 1. The number of thiophene rings is 1. The maximum atomic E-state index is 12.9. The molecule has 1 amide bonds. The van der Waals surface area contributed by atoms with Crippen molar-refractivity contribution in [3.05, 3.63) is 45.3 Å². The minimum atomic E-state index is -0.527. The van der Waals surface area contributed by atoms with Crippen molar-refractivity contribution in [2.24, 2.45) is 5.92 Å². The van der Waals surface area contributed by atoms with Gasteiger partial charge in [0.15, 0.2) is 11.5 Å². The number of carbonyl (C=O) groups is 1. The van der Waals surface area contributed by atoms with E-state index in [0.717, 1.165) is 42.5 Å². The van der Waals surface area contributed by atoms with E-state index < -0.39 is 5.91 Å². The van der Waals surface area contributed by atoms with Crippen LogP contribution in [0, 0.1) is 28.6 Å². The molecule has 7 heteroatoms. The highest BCUT2D eigenvalue weighted by Crippen LogP contribution is 2.39. The summed E-state index contributed by atoms with van der Waals surface area (Å²) >= 11 is 1.45. The van der Waals surface area contributed by atoms with Crippen molar-refractivity contribution in [1.29, 1.82) is 10.5 Å². The summed E-state index contributed by atoms with van der Waals surface area (Å²) in [7, 11) is 1.56. The highest BCUT2D eigenvalue weighted by atomic mass is 32.1. The maximum Gasteiger partial charge on any atom is 0.266 e. The van der Waals surface area contributed by atoms with Gasteiger partial charge in [0.25, 0.3) is 5.91 Å². The van der Waals surface area contributed by atoms with Crippen LogP contribution in [0.15, 0.2) is 23.8 Å². The second-order valence-corrected chi connectivity index (χ2v) is 9.72. The second-order valence-electron chi connectivity index (χ2n) is 8.61. The fourth-order valence-corrected chi connectivity index (χ4v) is 5.40. The average molecular weight is 478 g/mol. The summed E-state index contributed by atoms with van der Waals surface area (Å²) in [5.41, 5.74) is 2.18. The lowest BCUT2D eigenvalue weighted by Crippen LogP contribution is -2.13. The van der Waals surface area contributed by atoms with Gasteiger partial charge in [-0.2, -0.15) is 10.5 Å². The van der Waals surface area contributed by atoms with Crippen molar-refractivity contribution >= 4 is 28.3 Å². The number of benzene rings is 1. The predicted octanol–water partition coefficient (Wildman–Crippen LogP) is 6.26. The van der Waals surface area contributed by atoms with Crippen LogP contribution in [0.25, 0.3) is 6.08 Å². The molecular formula is C27H31N3O3S. The van der Waals surface area contributed by atoms with Crippen LogP contribution in [0.4, 0.5) is 5.00 Å². The van der Waals surface area contributed by atoms with Crippen LogP contribution < -0.4 is 14.8 Å². The molecule has 1 N–H and O–H groups in total. The van der Waals surface area contributed by atoms with Gasteiger partial charge in [-0.1, -0.05) is 39.2 Å². The quantitative estimate of drug-likeness (QED) is 0.248. The Morgan fingerprint density at radius 3 is 2.79 bits per heavy atom. The van der Waals surface area contributed by atoms with E-state index in [4.69, 9.17) is 9.47 Å². The van der Waals surface area contributed by atoms with Crippen molar-refractivity contribution in [2.75, 3.05) is 19.0 Å². The van der Waals surface area contributed by atoms with Gasteiger partial charge >= 0.3 is 0 Å². The Morgan fingerprint density at radius 2 is 2.09 bits per heavy atom. The Hall–Kier alpha value is -3.29. The first-order valence-electron chi connectivity index (χ1n) is 11.8. The summed E-state index contributed by atoms with van der Waals surface area (Å²) in [6.45, 7) is 4.98. The SMILES string of the molecule is CCCCCCOc1ccc(C=C(C#N)C(=O)Nc2sc3c(c2C#N)CCC(C)C3)cc1OC. The number of hydrogen-bond donors (Lipinski definition) is 1. The molecule has 2 aromatic rings. The molecule has 1 aliphatic carbocycles. The molecule has 0 spiro atoms. The van der Waals surface area contributed by atoms with E-state index in [2.05, 4.69) is 25.2 Å². The number of anilines is 1. The van der Waals surface area contributed by atoms with E-state index in [1.54, 1.807) is 25.3 Å². The van der Waals surface area contributed by atoms with Crippen LogP contribution in [0.3, 0.4) is 0 Å². The first kappa shape index (κ1) is 25.3. The molecule has 34 heavy (non-hydrogen) atoms. The van der Waals surface area contributed by atoms with Gasteiger partial charge in [-0.15, -0.1) is 11.3 Å². The molecule has 0 bridgehead atoms. The minimum Gasteiger partial charge on any atom is -0.493 e. The van der Waals surface area contributed by atoms with Crippen LogP contribution in [-0.4, -0.2) is 19.6 Å². The zero-order valence-corrected chi connectivity index (χ0v) is 20.9. The molecule has 1 heterocycles. The number of nitrogens with one attached hydrogen (secondary N) is 1. The average Bonchev–Trinajstić information content (AvgIpc) is 3.18. The van der Waals surface area contributed by atoms with Crippen molar-refractivity contribution in [2.45, 2.75) is 58.8 Å². The van der Waals surface area contributed by atoms with Crippen molar-refractivity contribution in [3.8, 4) is 23.6 Å². The van der Waals surface area contributed by atoms with Gasteiger partial charge in [0.05, 0.1) is 19.3 Å². The predicted molar refractivity (Wildman–Crippen MR) is 135 cm³/mol. The summed E-state index contributed by atoms with van der Waals surface area (Å²) in [6, 6.07) is 9.56. The first-order valence-corrected chi connectivity index (χ1v) is 12.6. The molecule has 0 saturated heterocycles. The van der Waals surface area contributed by atoms with E-state index in [1.807, 2.05) is 6.07 Å². The van der Waals surface area contributed by atoms with Crippen LogP contribution >= 0.6 is 11.3 Å². The van der Waals surface area contributed by atoms with Gasteiger partial charge in [0.2, 0.25) is 0 Å². The Balaban J connectivity index is 1.74.